The van der Waals surface area contributed by atoms with Crippen molar-refractivity contribution in [1.29, 1.82) is 0 Å². The van der Waals surface area contributed by atoms with E-state index in [2.05, 4.69) is 5.32 Å². The van der Waals surface area contributed by atoms with Crippen LogP contribution in [-0.2, 0) is 25.5 Å². The number of carbonyl (C=O) groups is 2. The molecule has 1 aliphatic rings. The van der Waals surface area contributed by atoms with Crippen LogP contribution in [0.15, 0.2) is 18.2 Å². The summed E-state index contributed by atoms with van der Waals surface area (Å²) in [4.78, 5) is 24.1. The van der Waals surface area contributed by atoms with Crippen LogP contribution >= 0.6 is 23.2 Å². The molecule has 1 saturated heterocycles. The van der Waals surface area contributed by atoms with E-state index in [1.54, 1.807) is 18.2 Å². The summed E-state index contributed by atoms with van der Waals surface area (Å²) in [5, 5.41) is 3.59. The first-order valence-corrected chi connectivity index (χ1v) is 7.67. The molecule has 1 fully saturated rings. The average molecular weight is 346 g/mol. The van der Waals surface area contributed by atoms with Gasteiger partial charge in [-0.1, -0.05) is 29.3 Å². The van der Waals surface area contributed by atoms with Gasteiger partial charge < -0.3 is 14.8 Å². The topological polar surface area (TPSA) is 64.6 Å². The minimum absolute atomic E-state index is 0.171. The molecule has 1 amide bonds. The quantitative estimate of drug-likeness (QED) is 0.831. The Morgan fingerprint density at radius 1 is 1.41 bits per heavy atom. The van der Waals surface area contributed by atoms with Gasteiger partial charge in [0.1, 0.15) is 6.04 Å². The second-order valence-corrected chi connectivity index (χ2v) is 5.86. The van der Waals surface area contributed by atoms with E-state index in [0.717, 1.165) is 0 Å². The molecule has 2 rings (SSSR count). The standard InChI is InChI=1S/C15H17Cl2NO4/c1-21-15(20)13(18-14(19)9-5-6-22-8-9)7-10-11(16)3-2-4-12(10)17/h2-4,9,13H,5-8H2,1H3,(H,18,19)/t9-,13+/m0/s1. The first-order valence-electron chi connectivity index (χ1n) is 6.91. The maximum atomic E-state index is 12.2. The molecule has 1 N–H and O–H groups in total. The van der Waals surface area contributed by atoms with E-state index in [4.69, 9.17) is 32.7 Å². The molecule has 0 saturated carbocycles. The molecule has 0 aromatic heterocycles. The van der Waals surface area contributed by atoms with Crippen molar-refractivity contribution in [2.24, 2.45) is 5.92 Å². The Morgan fingerprint density at radius 3 is 2.64 bits per heavy atom. The first-order chi connectivity index (χ1) is 10.5. The summed E-state index contributed by atoms with van der Waals surface area (Å²) in [5.74, 6) is -1.01. The van der Waals surface area contributed by atoms with Crippen LogP contribution < -0.4 is 5.32 Å². The number of halogens is 2. The van der Waals surface area contributed by atoms with E-state index in [1.807, 2.05) is 0 Å². The monoisotopic (exact) mass is 345 g/mol. The smallest absolute Gasteiger partial charge is 0.328 e. The number of amides is 1. The van der Waals surface area contributed by atoms with Crippen molar-refractivity contribution in [2.75, 3.05) is 20.3 Å². The highest BCUT2D eigenvalue weighted by Crippen LogP contribution is 2.26. The highest BCUT2D eigenvalue weighted by molar-refractivity contribution is 6.36. The van der Waals surface area contributed by atoms with Gasteiger partial charge in [0.05, 0.1) is 19.6 Å². The number of hydrogen-bond acceptors (Lipinski definition) is 4. The zero-order valence-electron chi connectivity index (χ0n) is 12.1. The summed E-state index contributed by atoms with van der Waals surface area (Å²) in [5.41, 5.74) is 0.601. The van der Waals surface area contributed by atoms with E-state index >= 15 is 0 Å². The lowest BCUT2D eigenvalue weighted by Crippen LogP contribution is -2.45. The lowest BCUT2D eigenvalue weighted by molar-refractivity contribution is -0.145. The fraction of sp³-hybridized carbons (Fsp3) is 0.467. The van der Waals surface area contributed by atoms with Gasteiger partial charge in [-0.25, -0.2) is 4.79 Å². The molecule has 1 aliphatic heterocycles. The fourth-order valence-corrected chi connectivity index (χ4v) is 2.85. The Labute approximate surface area is 138 Å². The zero-order valence-corrected chi connectivity index (χ0v) is 13.6. The normalized spacial score (nSPS) is 18.8. The summed E-state index contributed by atoms with van der Waals surface area (Å²) >= 11 is 12.2. The first kappa shape index (κ1) is 17.1. The third-order valence-electron chi connectivity index (χ3n) is 3.57. The molecule has 2 atom stereocenters. The molecule has 1 aromatic carbocycles. The Bertz CT molecular complexity index is 538. The van der Waals surface area contributed by atoms with Crippen LogP contribution in [-0.4, -0.2) is 38.2 Å². The summed E-state index contributed by atoms with van der Waals surface area (Å²) in [6.07, 6.45) is 0.817. The number of carbonyl (C=O) groups excluding carboxylic acids is 2. The molecule has 1 heterocycles. The van der Waals surface area contributed by atoms with Crippen molar-refractivity contribution >= 4 is 35.1 Å². The summed E-state index contributed by atoms with van der Waals surface area (Å²) < 4.78 is 9.94. The molecule has 1 aromatic rings. The van der Waals surface area contributed by atoms with E-state index in [-0.39, 0.29) is 18.2 Å². The number of ether oxygens (including phenoxy) is 2. The van der Waals surface area contributed by atoms with Crippen LogP contribution in [0, 0.1) is 5.92 Å². The van der Waals surface area contributed by atoms with E-state index in [0.29, 0.717) is 35.2 Å². The van der Waals surface area contributed by atoms with Gasteiger partial charge >= 0.3 is 5.97 Å². The number of nitrogens with one attached hydrogen (secondary N) is 1. The van der Waals surface area contributed by atoms with Gasteiger partial charge in [0.15, 0.2) is 0 Å². The van der Waals surface area contributed by atoms with Crippen LogP contribution in [0.4, 0.5) is 0 Å². The van der Waals surface area contributed by atoms with E-state index in [1.165, 1.54) is 7.11 Å². The predicted molar refractivity (Wildman–Crippen MR) is 83.0 cm³/mol. The molecule has 5 nitrogen and oxygen atoms in total. The minimum atomic E-state index is -0.838. The Balaban J connectivity index is 2.12. The molecular weight excluding hydrogens is 329 g/mol. The molecule has 22 heavy (non-hydrogen) atoms. The second kappa shape index (κ2) is 7.81. The molecule has 0 unspecified atom stereocenters. The SMILES string of the molecule is COC(=O)[C@@H](Cc1c(Cl)cccc1Cl)NC(=O)[C@H]1CCOC1. The number of rotatable bonds is 5. The highest BCUT2D eigenvalue weighted by atomic mass is 35.5. The van der Waals surface area contributed by atoms with E-state index < -0.39 is 12.0 Å². The van der Waals surface area contributed by atoms with Gasteiger partial charge in [-0.15, -0.1) is 0 Å². The van der Waals surface area contributed by atoms with Gasteiger partial charge in [0.25, 0.3) is 0 Å². The van der Waals surface area contributed by atoms with Crippen molar-refractivity contribution in [3.8, 4) is 0 Å². The van der Waals surface area contributed by atoms with Gasteiger partial charge in [-0.2, -0.15) is 0 Å². The van der Waals surface area contributed by atoms with Crippen molar-refractivity contribution in [1.82, 2.24) is 5.32 Å². The number of esters is 1. The molecule has 0 radical (unpaired) electrons. The van der Waals surface area contributed by atoms with Gasteiger partial charge in [0.2, 0.25) is 5.91 Å². The van der Waals surface area contributed by atoms with Crippen molar-refractivity contribution in [3.63, 3.8) is 0 Å². The Kier molecular flexibility index (Phi) is 6.06. The molecule has 7 heteroatoms. The molecule has 0 spiro atoms. The van der Waals surface area contributed by atoms with Crippen LogP contribution in [0.1, 0.15) is 12.0 Å². The van der Waals surface area contributed by atoms with Crippen LogP contribution in [0.5, 0.6) is 0 Å². The lowest BCUT2D eigenvalue weighted by Gasteiger charge is -2.19. The highest BCUT2D eigenvalue weighted by Gasteiger charge is 2.29. The van der Waals surface area contributed by atoms with Crippen molar-refractivity contribution in [3.05, 3.63) is 33.8 Å². The predicted octanol–water partition coefficient (Wildman–Crippen LogP) is 2.23. The van der Waals surface area contributed by atoms with Gasteiger partial charge in [0, 0.05) is 23.1 Å². The maximum absolute atomic E-state index is 12.2. The lowest BCUT2D eigenvalue weighted by atomic mass is 10.0. The van der Waals surface area contributed by atoms with Gasteiger partial charge in [-0.05, 0) is 24.1 Å². The molecular formula is C15H17Cl2NO4. The molecule has 120 valence electrons. The summed E-state index contributed by atoms with van der Waals surface area (Å²) in [6, 6.07) is 4.25. The van der Waals surface area contributed by atoms with Crippen LogP contribution in [0.2, 0.25) is 10.0 Å². The average Bonchev–Trinajstić information content (AvgIpc) is 3.03. The molecule has 0 bridgehead atoms. The van der Waals surface area contributed by atoms with E-state index in [9.17, 15) is 9.59 Å². The number of methoxy groups -OCH3 is 1. The zero-order chi connectivity index (χ0) is 16.1. The number of hydrogen-bond donors (Lipinski definition) is 1. The number of benzene rings is 1. The molecule has 0 aliphatic carbocycles. The Hall–Kier alpha value is -1.30. The summed E-state index contributed by atoms with van der Waals surface area (Å²) in [6.45, 7) is 0.921. The second-order valence-electron chi connectivity index (χ2n) is 5.05. The van der Waals surface area contributed by atoms with Gasteiger partial charge in [-0.3, -0.25) is 4.79 Å². The van der Waals surface area contributed by atoms with Crippen LogP contribution in [0.25, 0.3) is 0 Å². The van der Waals surface area contributed by atoms with Crippen molar-refractivity contribution < 1.29 is 19.1 Å². The van der Waals surface area contributed by atoms with Crippen molar-refractivity contribution in [2.45, 2.75) is 18.9 Å². The largest absolute Gasteiger partial charge is 0.467 e. The maximum Gasteiger partial charge on any atom is 0.328 e. The Morgan fingerprint density at radius 2 is 2.09 bits per heavy atom. The third-order valence-corrected chi connectivity index (χ3v) is 4.28. The third kappa shape index (κ3) is 4.12. The minimum Gasteiger partial charge on any atom is -0.467 e. The summed E-state index contributed by atoms with van der Waals surface area (Å²) in [7, 11) is 1.27. The fourth-order valence-electron chi connectivity index (χ4n) is 2.30. The van der Waals surface area contributed by atoms with Crippen LogP contribution in [0.3, 0.4) is 0 Å².